The van der Waals surface area contributed by atoms with E-state index in [1.54, 1.807) is 39.8 Å². The molecule has 0 radical (unpaired) electrons. The van der Waals surface area contributed by atoms with Crippen molar-refractivity contribution in [1.29, 1.82) is 0 Å². The summed E-state index contributed by atoms with van der Waals surface area (Å²) in [5, 5.41) is -0.453. The monoisotopic (exact) mass is 456 g/mol. The van der Waals surface area contributed by atoms with Crippen LogP contribution < -0.4 is 0 Å². The molecule has 0 saturated carbocycles. The van der Waals surface area contributed by atoms with Crippen molar-refractivity contribution in [2.75, 3.05) is 26.4 Å². The van der Waals surface area contributed by atoms with Gasteiger partial charge in [0.15, 0.2) is 5.40 Å². The minimum Gasteiger partial charge on any atom is -0.308 e. The SMILES string of the molecule is CCOP(=O)(OCC)C(c1ccc(CBr)cc1)P(=O)(OCC)OCC. The molecule has 0 aliphatic carbocycles. The molecule has 0 saturated heterocycles. The van der Waals surface area contributed by atoms with Crippen molar-refractivity contribution in [1.82, 2.24) is 0 Å². The zero-order valence-electron chi connectivity index (χ0n) is 15.1. The molecule has 1 aromatic rings. The van der Waals surface area contributed by atoms with Gasteiger partial charge in [0.2, 0.25) is 0 Å². The van der Waals surface area contributed by atoms with E-state index < -0.39 is 20.6 Å². The Balaban J connectivity index is 3.52. The summed E-state index contributed by atoms with van der Waals surface area (Å²) in [4.78, 5) is 0. The Morgan fingerprint density at radius 1 is 0.800 bits per heavy atom. The molecule has 6 nitrogen and oxygen atoms in total. The summed E-state index contributed by atoms with van der Waals surface area (Å²) < 4.78 is 48.9. The largest absolute Gasteiger partial charge is 0.350 e. The van der Waals surface area contributed by atoms with Gasteiger partial charge in [0.05, 0.1) is 26.4 Å². The Hall–Kier alpha value is -0.0000000000000000416. The fraction of sp³-hybridized carbons (Fsp3) is 0.625. The van der Waals surface area contributed by atoms with E-state index >= 15 is 0 Å². The van der Waals surface area contributed by atoms with Gasteiger partial charge < -0.3 is 18.1 Å². The molecule has 0 aromatic heterocycles. The van der Waals surface area contributed by atoms with E-state index in [9.17, 15) is 9.13 Å². The lowest BCUT2D eigenvalue weighted by molar-refractivity contribution is 0.195. The van der Waals surface area contributed by atoms with Crippen LogP contribution in [0.2, 0.25) is 0 Å². The van der Waals surface area contributed by atoms with E-state index in [0.29, 0.717) is 10.9 Å². The van der Waals surface area contributed by atoms with Gasteiger partial charge in [0.25, 0.3) is 0 Å². The molecule has 0 heterocycles. The molecule has 0 atom stereocenters. The molecule has 0 unspecified atom stereocenters. The zero-order valence-corrected chi connectivity index (χ0v) is 18.5. The summed E-state index contributed by atoms with van der Waals surface area (Å²) in [6, 6.07) is 7.25. The molecular weight excluding hydrogens is 430 g/mol. The predicted molar refractivity (Wildman–Crippen MR) is 104 cm³/mol. The maximum absolute atomic E-state index is 13.5. The number of alkyl halides is 1. The Kier molecular flexibility index (Phi) is 10.1. The molecule has 0 aliphatic heterocycles. The molecule has 0 N–H and O–H groups in total. The number of rotatable bonds is 12. The van der Waals surface area contributed by atoms with Gasteiger partial charge in [-0.15, -0.1) is 0 Å². The molecule has 0 amide bonds. The molecule has 9 heteroatoms. The van der Waals surface area contributed by atoms with Gasteiger partial charge in [-0.2, -0.15) is 0 Å². The maximum atomic E-state index is 13.5. The van der Waals surface area contributed by atoms with Crippen molar-refractivity contribution in [3.63, 3.8) is 0 Å². The summed E-state index contributed by atoms with van der Waals surface area (Å²) in [6.07, 6.45) is 0. The van der Waals surface area contributed by atoms with Gasteiger partial charge in [0.1, 0.15) is 0 Å². The minimum absolute atomic E-state index is 0.158. The third kappa shape index (κ3) is 6.00. The molecule has 0 bridgehead atoms. The van der Waals surface area contributed by atoms with Crippen LogP contribution in [0.1, 0.15) is 44.2 Å². The van der Waals surface area contributed by atoms with Crippen LogP contribution in [0.4, 0.5) is 0 Å². The summed E-state index contributed by atoms with van der Waals surface area (Å²) in [7, 11) is -7.56. The first-order valence-electron chi connectivity index (χ1n) is 8.33. The summed E-state index contributed by atoms with van der Waals surface area (Å²) in [5.74, 6) is 0. The lowest BCUT2D eigenvalue weighted by Crippen LogP contribution is -2.12. The quantitative estimate of drug-likeness (QED) is 0.279. The normalized spacial score (nSPS) is 12.7. The van der Waals surface area contributed by atoms with Crippen LogP contribution >= 0.6 is 31.1 Å². The topological polar surface area (TPSA) is 71.1 Å². The Bertz CT molecular complexity index is 557. The summed E-state index contributed by atoms with van der Waals surface area (Å²) in [6.45, 7) is 7.48. The molecule has 1 aromatic carbocycles. The van der Waals surface area contributed by atoms with Crippen LogP contribution in [0.25, 0.3) is 0 Å². The fourth-order valence-corrected chi connectivity index (χ4v) is 8.18. The highest BCUT2D eigenvalue weighted by molar-refractivity contribution is 9.08. The van der Waals surface area contributed by atoms with Gasteiger partial charge in [-0.1, -0.05) is 40.2 Å². The third-order valence-corrected chi connectivity index (χ3v) is 9.88. The lowest BCUT2D eigenvalue weighted by Gasteiger charge is -2.31. The predicted octanol–water partition coefficient (Wildman–Crippen LogP) is 6.11. The molecule has 0 fully saturated rings. The van der Waals surface area contributed by atoms with E-state index in [1.165, 1.54) is 0 Å². The van der Waals surface area contributed by atoms with E-state index in [0.717, 1.165) is 5.56 Å². The van der Waals surface area contributed by atoms with Gasteiger partial charge in [-0.25, -0.2) is 0 Å². The molecule has 25 heavy (non-hydrogen) atoms. The van der Waals surface area contributed by atoms with Crippen LogP contribution in [0.5, 0.6) is 0 Å². The minimum atomic E-state index is -3.78. The van der Waals surface area contributed by atoms with Gasteiger partial charge in [-0.3, -0.25) is 9.13 Å². The van der Waals surface area contributed by atoms with Crippen molar-refractivity contribution in [3.05, 3.63) is 35.4 Å². The first kappa shape index (κ1) is 23.0. The van der Waals surface area contributed by atoms with Crippen LogP contribution in [0.15, 0.2) is 24.3 Å². The number of benzene rings is 1. The number of hydrogen-bond acceptors (Lipinski definition) is 6. The second-order valence-electron chi connectivity index (χ2n) is 5.00. The summed E-state index contributed by atoms with van der Waals surface area (Å²) >= 11 is 3.39. The molecule has 0 spiro atoms. The van der Waals surface area contributed by atoms with Gasteiger partial charge in [0, 0.05) is 5.33 Å². The Morgan fingerprint density at radius 2 is 1.16 bits per heavy atom. The van der Waals surface area contributed by atoms with E-state index in [-0.39, 0.29) is 26.4 Å². The van der Waals surface area contributed by atoms with Gasteiger partial charge >= 0.3 is 15.2 Å². The van der Waals surface area contributed by atoms with Crippen molar-refractivity contribution in [3.8, 4) is 0 Å². The van der Waals surface area contributed by atoms with Crippen LogP contribution in [-0.4, -0.2) is 26.4 Å². The highest BCUT2D eigenvalue weighted by atomic mass is 79.9. The second kappa shape index (κ2) is 11.0. The fourth-order valence-electron chi connectivity index (χ4n) is 2.39. The maximum Gasteiger partial charge on any atom is 0.350 e. The number of halogens is 1. The van der Waals surface area contributed by atoms with E-state index in [4.69, 9.17) is 18.1 Å². The zero-order chi connectivity index (χ0) is 18.9. The van der Waals surface area contributed by atoms with Crippen LogP contribution in [0.3, 0.4) is 0 Å². The first-order chi connectivity index (χ1) is 11.9. The third-order valence-electron chi connectivity index (χ3n) is 3.27. The lowest BCUT2D eigenvalue weighted by atomic mass is 10.2. The van der Waals surface area contributed by atoms with Gasteiger partial charge in [-0.05, 0) is 38.8 Å². The van der Waals surface area contributed by atoms with Crippen molar-refractivity contribution < 1.29 is 27.2 Å². The Labute approximate surface area is 158 Å². The first-order valence-corrected chi connectivity index (χ1v) is 12.7. The smallest absolute Gasteiger partial charge is 0.308 e. The molecule has 0 aliphatic rings. The average Bonchev–Trinajstić information content (AvgIpc) is 2.56. The van der Waals surface area contributed by atoms with Crippen LogP contribution in [0, 0.1) is 0 Å². The van der Waals surface area contributed by atoms with Crippen molar-refractivity contribution >= 4 is 31.1 Å². The molecule has 1 rings (SSSR count). The number of hydrogen-bond donors (Lipinski definition) is 0. The van der Waals surface area contributed by atoms with Crippen molar-refractivity contribution in [2.45, 2.75) is 38.4 Å². The van der Waals surface area contributed by atoms with E-state index in [2.05, 4.69) is 15.9 Å². The second-order valence-corrected chi connectivity index (χ2v) is 10.2. The Morgan fingerprint density at radius 3 is 1.44 bits per heavy atom. The molecule has 144 valence electrons. The summed E-state index contributed by atoms with van der Waals surface area (Å²) in [5.41, 5.74) is 1.58. The van der Waals surface area contributed by atoms with Crippen LogP contribution in [-0.2, 0) is 32.6 Å². The average molecular weight is 457 g/mol. The standard InChI is InChI=1S/C16H27BrO6P2/c1-5-20-24(18,21-6-2)16(25(19,22-7-3)23-8-4)15-11-9-14(13-17)10-12-15/h9-12,16H,5-8,13H2,1-4H3. The molecular formula is C16H27BrO6P2. The van der Waals surface area contributed by atoms with Crippen molar-refractivity contribution in [2.24, 2.45) is 0 Å². The highest BCUT2D eigenvalue weighted by Gasteiger charge is 2.51. The highest BCUT2D eigenvalue weighted by Crippen LogP contribution is 2.78. The van der Waals surface area contributed by atoms with E-state index in [1.807, 2.05) is 12.1 Å².